The van der Waals surface area contributed by atoms with E-state index in [0.29, 0.717) is 6.42 Å². The van der Waals surface area contributed by atoms with E-state index in [-0.39, 0.29) is 24.0 Å². The van der Waals surface area contributed by atoms with E-state index in [4.69, 9.17) is 9.47 Å². The van der Waals surface area contributed by atoms with Crippen molar-refractivity contribution in [1.82, 2.24) is 4.90 Å². The second-order valence-electron chi connectivity index (χ2n) is 4.83. The molecule has 2 atom stereocenters. The fraction of sp³-hybridized carbons (Fsp3) is 0.333. The number of imide groups is 1. The topological polar surface area (TPSA) is 55.8 Å². The lowest BCUT2D eigenvalue weighted by molar-refractivity contribution is -0.140. The van der Waals surface area contributed by atoms with E-state index in [1.807, 2.05) is 18.2 Å². The first-order valence-corrected chi connectivity index (χ1v) is 6.40. The molecule has 3 aliphatic rings. The van der Waals surface area contributed by atoms with Gasteiger partial charge in [-0.1, -0.05) is 6.08 Å². The Morgan fingerprint density at radius 2 is 1.90 bits per heavy atom. The number of fused-ring (bicyclic) bond motifs is 1. The standard InChI is InChI=1S/C15H15NO4/c1-19-10-3-4-11-9(7-10)8-12(20-2)15(11)16-13(17)5-6-14(16)18/h4-8,12,15H,3H2,1-2H3/t12-,15-/m0/s1. The third kappa shape index (κ3) is 1.82. The second-order valence-corrected chi connectivity index (χ2v) is 4.83. The van der Waals surface area contributed by atoms with Crippen LogP contribution in [0.4, 0.5) is 0 Å². The molecule has 1 aliphatic heterocycles. The summed E-state index contributed by atoms with van der Waals surface area (Å²) < 4.78 is 10.7. The van der Waals surface area contributed by atoms with Crippen molar-refractivity contribution < 1.29 is 19.1 Å². The molecule has 0 aromatic heterocycles. The Labute approximate surface area is 116 Å². The zero-order valence-corrected chi connectivity index (χ0v) is 11.3. The highest BCUT2D eigenvalue weighted by molar-refractivity contribution is 6.13. The van der Waals surface area contributed by atoms with Crippen LogP contribution in [-0.4, -0.2) is 43.1 Å². The summed E-state index contributed by atoms with van der Waals surface area (Å²) in [5.41, 5.74) is 1.90. The van der Waals surface area contributed by atoms with Crippen molar-refractivity contribution in [1.29, 1.82) is 0 Å². The van der Waals surface area contributed by atoms with Gasteiger partial charge in [0.1, 0.15) is 6.10 Å². The number of amides is 2. The number of carbonyl (C=O) groups is 2. The summed E-state index contributed by atoms with van der Waals surface area (Å²) in [4.78, 5) is 25.1. The van der Waals surface area contributed by atoms with Crippen LogP contribution in [0.15, 0.2) is 47.3 Å². The van der Waals surface area contributed by atoms with Crippen LogP contribution in [0.25, 0.3) is 0 Å². The van der Waals surface area contributed by atoms with Gasteiger partial charge in [-0.15, -0.1) is 0 Å². The van der Waals surface area contributed by atoms with E-state index in [9.17, 15) is 9.59 Å². The van der Waals surface area contributed by atoms with Crippen LogP contribution in [0, 0.1) is 0 Å². The van der Waals surface area contributed by atoms with E-state index in [2.05, 4.69) is 0 Å². The Morgan fingerprint density at radius 1 is 1.20 bits per heavy atom. The molecule has 0 spiro atoms. The molecule has 0 aromatic carbocycles. The molecule has 5 nitrogen and oxygen atoms in total. The summed E-state index contributed by atoms with van der Waals surface area (Å²) in [5.74, 6) is 0.269. The zero-order valence-electron chi connectivity index (χ0n) is 11.3. The van der Waals surface area contributed by atoms with E-state index < -0.39 is 0 Å². The monoisotopic (exact) mass is 273 g/mol. The minimum absolute atomic E-state index is 0.292. The first-order valence-electron chi connectivity index (χ1n) is 6.40. The van der Waals surface area contributed by atoms with Crippen molar-refractivity contribution in [2.75, 3.05) is 14.2 Å². The maximum Gasteiger partial charge on any atom is 0.254 e. The molecule has 0 saturated carbocycles. The highest BCUT2D eigenvalue weighted by atomic mass is 16.5. The number of allylic oxidation sites excluding steroid dienone is 2. The Hall–Kier alpha value is -2.14. The number of hydrogen-bond donors (Lipinski definition) is 0. The lowest BCUT2D eigenvalue weighted by Crippen LogP contribution is -2.46. The summed E-state index contributed by atoms with van der Waals surface area (Å²) in [6.07, 6.45) is 8.77. The van der Waals surface area contributed by atoms with Crippen LogP contribution in [0.5, 0.6) is 0 Å². The number of carbonyl (C=O) groups excluding carboxylic acids is 2. The second kappa shape index (κ2) is 4.76. The molecule has 2 amide bonds. The molecule has 0 fully saturated rings. The van der Waals surface area contributed by atoms with Crippen molar-refractivity contribution in [2.45, 2.75) is 18.6 Å². The fourth-order valence-corrected chi connectivity index (χ4v) is 2.84. The number of rotatable bonds is 3. The van der Waals surface area contributed by atoms with E-state index >= 15 is 0 Å². The normalized spacial score (nSPS) is 28.3. The summed E-state index contributed by atoms with van der Waals surface area (Å²) in [5, 5.41) is 0. The van der Waals surface area contributed by atoms with Crippen molar-refractivity contribution >= 4 is 11.8 Å². The molecular weight excluding hydrogens is 258 g/mol. The number of hydrogen-bond acceptors (Lipinski definition) is 4. The molecule has 2 aliphatic carbocycles. The van der Waals surface area contributed by atoms with E-state index in [0.717, 1.165) is 16.9 Å². The lowest BCUT2D eigenvalue weighted by Gasteiger charge is -2.29. The van der Waals surface area contributed by atoms with Gasteiger partial charge in [0.2, 0.25) is 0 Å². The molecule has 104 valence electrons. The number of ether oxygens (including phenoxy) is 2. The molecule has 1 heterocycles. The van der Waals surface area contributed by atoms with Gasteiger partial charge in [0.05, 0.1) is 18.9 Å². The predicted molar refractivity (Wildman–Crippen MR) is 71.5 cm³/mol. The maximum absolute atomic E-state index is 11.9. The van der Waals surface area contributed by atoms with Crippen LogP contribution < -0.4 is 0 Å². The van der Waals surface area contributed by atoms with Crippen LogP contribution in [0.1, 0.15) is 6.42 Å². The van der Waals surface area contributed by atoms with Gasteiger partial charge in [0.15, 0.2) is 0 Å². The van der Waals surface area contributed by atoms with Crippen LogP contribution in [-0.2, 0) is 19.1 Å². The predicted octanol–water partition coefficient (Wildman–Crippen LogP) is 1.10. The number of methoxy groups -OCH3 is 2. The van der Waals surface area contributed by atoms with Crippen LogP contribution in [0.2, 0.25) is 0 Å². The van der Waals surface area contributed by atoms with Gasteiger partial charge < -0.3 is 9.47 Å². The molecule has 0 unspecified atom stereocenters. The van der Waals surface area contributed by atoms with Crippen molar-refractivity contribution in [3.8, 4) is 0 Å². The first kappa shape index (κ1) is 12.9. The minimum Gasteiger partial charge on any atom is -0.501 e. The highest BCUT2D eigenvalue weighted by Crippen LogP contribution is 2.37. The quantitative estimate of drug-likeness (QED) is 0.722. The van der Waals surface area contributed by atoms with E-state index in [1.54, 1.807) is 14.2 Å². The summed E-state index contributed by atoms with van der Waals surface area (Å²) in [7, 11) is 3.20. The molecule has 0 saturated heterocycles. The SMILES string of the molecule is COC1=CC2=C[C@H](OC)[C@@H](N3C(=O)C=CC3=O)C2=CC1. The van der Waals surface area contributed by atoms with Gasteiger partial charge in [0.25, 0.3) is 11.8 Å². The lowest BCUT2D eigenvalue weighted by atomic mass is 9.96. The van der Waals surface area contributed by atoms with E-state index in [1.165, 1.54) is 17.1 Å². The van der Waals surface area contributed by atoms with Gasteiger partial charge in [0, 0.05) is 25.7 Å². The van der Waals surface area contributed by atoms with Crippen molar-refractivity contribution in [2.24, 2.45) is 0 Å². The molecule has 0 N–H and O–H groups in total. The fourth-order valence-electron chi connectivity index (χ4n) is 2.84. The smallest absolute Gasteiger partial charge is 0.254 e. The van der Waals surface area contributed by atoms with Crippen LogP contribution in [0.3, 0.4) is 0 Å². The maximum atomic E-state index is 11.9. The van der Waals surface area contributed by atoms with Crippen molar-refractivity contribution in [3.63, 3.8) is 0 Å². The molecule has 5 heteroatoms. The van der Waals surface area contributed by atoms with Gasteiger partial charge in [-0.3, -0.25) is 14.5 Å². The molecule has 3 rings (SSSR count). The Kier molecular flexibility index (Phi) is 3.06. The molecule has 0 radical (unpaired) electrons. The third-order valence-electron chi connectivity index (χ3n) is 3.80. The average molecular weight is 273 g/mol. The van der Waals surface area contributed by atoms with Gasteiger partial charge >= 0.3 is 0 Å². The molecule has 20 heavy (non-hydrogen) atoms. The van der Waals surface area contributed by atoms with Gasteiger partial charge in [-0.25, -0.2) is 0 Å². The summed E-state index contributed by atoms with van der Waals surface area (Å²) >= 11 is 0. The molecular formula is C15H15NO4. The van der Waals surface area contributed by atoms with Gasteiger partial charge in [-0.2, -0.15) is 0 Å². The highest BCUT2D eigenvalue weighted by Gasteiger charge is 2.42. The van der Waals surface area contributed by atoms with Crippen LogP contribution >= 0.6 is 0 Å². The third-order valence-corrected chi connectivity index (χ3v) is 3.80. The Bertz CT molecular complexity index is 579. The average Bonchev–Trinajstić information content (AvgIpc) is 2.98. The Balaban J connectivity index is 1.96. The number of nitrogens with zero attached hydrogens (tertiary/aromatic N) is 1. The Morgan fingerprint density at radius 3 is 2.50 bits per heavy atom. The molecule has 0 bridgehead atoms. The largest absolute Gasteiger partial charge is 0.501 e. The minimum atomic E-state index is -0.389. The summed E-state index contributed by atoms with van der Waals surface area (Å²) in [6.45, 7) is 0. The first-order chi connectivity index (χ1) is 9.65. The van der Waals surface area contributed by atoms with Crippen molar-refractivity contribution in [3.05, 3.63) is 47.3 Å². The van der Waals surface area contributed by atoms with Gasteiger partial charge in [-0.05, 0) is 23.3 Å². The molecule has 0 aromatic rings. The zero-order chi connectivity index (χ0) is 14.3. The summed E-state index contributed by atoms with van der Waals surface area (Å²) in [6, 6.07) is -0.389.